The minimum absolute atomic E-state index is 0.0539. The third-order valence-electron chi connectivity index (χ3n) is 5.62. The maximum atomic E-state index is 13.1. The molecule has 1 aromatic carbocycles. The van der Waals surface area contributed by atoms with Crippen molar-refractivity contribution >= 4 is 17.9 Å². The number of nitrogens with zero attached hydrogens (tertiary/aromatic N) is 5. The van der Waals surface area contributed by atoms with Crippen LogP contribution in [0.5, 0.6) is 0 Å². The molecule has 0 spiro atoms. The van der Waals surface area contributed by atoms with Crippen LogP contribution in [0.25, 0.3) is 0 Å². The lowest BCUT2D eigenvalue weighted by molar-refractivity contribution is -0.137. The maximum Gasteiger partial charge on any atom is 0.328 e. The number of aliphatic imine (C=N–C) groups is 1. The number of hydrogen-bond donors (Lipinski definition) is 0. The highest BCUT2D eigenvalue weighted by Crippen LogP contribution is 2.35. The molecule has 0 saturated carbocycles. The van der Waals surface area contributed by atoms with Crippen molar-refractivity contribution in [2.75, 3.05) is 40.4 Å². The Morgan fingerprint density at radius 1 is 1.11 bits per heavy atom. The average molecular weight is 371 g/mol. The lowest BCUT2D eigenvalue weighted by atomic mass is 10.0. The van der Waals surface area contributed by atoms with E-state index < -0.39 is 12.2 Å². The number of hydrogen-bond acceptors (Lipinski definition) is 6. The van der Waals surface area contributed by atoms with Gasteiger partial charge in [-0.3, -0.25) is 9.69 Å². The van der Waals surface area contributed by atoms with Gasteiger partial charge in [-0.15, -0.1) is 0 Å². The molecule has 0 N–H and O–H groups in total. The molecule has 3 aliphatic heterocycles. The van der Waals surface area contributed by atoms with E-state index in [1.165, 1.54) is 11.9 Å². The standard InChI is InChI=1S/C19H25N5O3/c1-13(14-7-5-4-6-8-14)24-15-16(21(2)19(26)22(3)17(15)25)20-18(24)23-9-11-27-12-10-23/h4-8,13,15-16H,9-12H2,1-3H3. The number of morpholine rings is 1. The SMILES string of the molecule is CC(c1ccccc1)N1C(N2CCOCC2)=NC2C1C(=O)N(C)C(=O)N2C. The van der Waals surface area contributed by atoms with E-state index >= 15 is 0 Å². The molecule has 2 saturated heterocycles. The number of amides is 3. The second-order valence-electron chi connectivity index (χ2n) is 7.17. The van der Waals surface area contributed by atoms with E-state index in [-0.39, 0.29) is 18.0 Å². The molecule has 0 aliphatic carbocycles. The fourth-order valence-corrected chi connectivity index (χ4v) is 4.03. The summed E-state index contributed by atoms with van der Waals surface area (Å²) in [5.74, 6) is 0.561. The molecule has 0 radical (unpaired) electrons. The lowest BCUT2D eigenvalue weighted by Gasteiger charge is -2.43. The van der Waals surface area contributed by atoms with Crippen LogP contribution in [0.4, 0.5) is 4.79 Å². The molecule has 144 valence electrons. The molecular formula is C19H25N5O3. The van der Waals surface area contributed by atoms with E-state index in [4.69, 9.17) is 9.73 Å². The molecule has 3 amide bonds. The molecule has 8 nitrogen and oxygen atoms in total. The molecule has 27 heavy (non-hydrogen) atoms. The van der Waals surface area contributed by atoms with Crippen molar-refractivity contribution in [2.24, 2.45) is 4.99 Å². The Kier molecular flexibility index (Phi) is 4.51. The number of fused-ring (bicyclic) bond motifs is 1. The Labute approximate surface area is 159 Å². The van der Waals surface area contributed by atoms with Crippen LogP contribution in [0.3, 0.4) is 0 Å². The molecule has 2 fully saturated rings. The summed E-state index contributed by atoms with van der Waals surface area (Å²) in [5, 5.41) is 0. The third-order valence-corrected chi connectivity index (χ3v) is 5.62. The first-order valence-electron chi connectivity index (χ1n) is 9.29. The monoisotopic (exact) mass is 371 g/mol. The average Bonchev–Trinajstić information content (AvgIpc) is 3.12. The summed E-state index contributed by atoms with van der Waals surface area (Å²) < 4.78 is 5.48. The number of carbonyl (C=O) groups is 2. The highest BCUT2D eigenvalue weighted by molar-refractivity contribution is 6.03. The van der Waals surface area contributed by atoms with Gasteiger partial charge in [0.25, 0.3) is 5.91 Å². The molecule has 0 aromatic heterocycles. The third kappa shape index (κ3) is 2.84. The van der Waals surface area contributed by atoms with Gasteiger partial charge < -0.3 is 19.4 Å². The van der Waals surface area contributed by atoms with E-state index in [2.05, 4.69) is 28.9 Å². The van der Waals surface area contributed by atoms with Crippen LogP contribution >= 0.6 is 0 Å². The van der Waals surface area contributed by atoms with Gasteiger partial charge in [0.2, 0.25) is 0 Å². The van der Waals surface area contributed by atoms with E-state index in [1.54, 1.807) is 11.9 Å². The molecular weight excluding hydrogens is 346 g/mol. The molecule has 8 heteroatoms. The van der Waals surface area contributed by atoms with Crippen LogP contribution in [0.2, 0.25) is 0 Å². The Morgan fingerprint density at radius 3 is 2.44 bits per heavy atom. The highest BCUT2D eigenvalue weighted by atomic mass is 16.5. The van der Waals surface area contributed by atoms with Crippen molar-refractivity contribution in [2.45, 2.75) is 25.2 Å². The molecule has 3 atom stereocenters. The minimum Gasteiger partial charge on any atom is -0.378 e. The van der Waals surface area contributed by atoms with Crippen molar-refractivity contribution in [3.8, 4) is 0 Å². The number of guanidine groups is 1. The highest BCUT2D eigenvalue weighted by Gasteiger charge is 2.53. The van der Waals surface area contributed by atoms with Gasteiger partial charge in [-0.1, -0.05) is 30.3 Å². The second-order valence-corrected chi connectivity index (χ2v) is 7.17. The molecule has 4 rings (SSSR count). The largest absolute Gasteiger partial charge is 0.378 e. The number of urea groups is 1. The Bertz CT molecular complexity index is 762. The van der Waals surface area contributed by atoms with Crippen molar-refractivity contribution in [1.29, 1.82) is 0 Å². The Morgan fingerprint density at radius 2 is 1.78 bits per heavy atom. The van der Waals surface area contributed by atoms with Crippen LogP contribution in [-0.4, -0.2) is 90.1 Å². The number of rotatable bonds is 2. The van der Waals surface area contributed by atoms with Gasteiger partial charge in [-0.2, -0.15) is 0 Å². The van der Waals surface area contributed by atoms with Crippen molar-refractivity contribution < 1.29 is 14.3 Å². The Hall–Kier alpha value is -2.61. The summed E-state index contributed by atoms with van der Waals surface area (Å²) in [5.41, 5.74) is 1.11. The zero-order valence-electron chi connectivity index (χ0n) is 15.9. The molecule has 3 unspecified atom stereocenters. The lowest BCUT2D eigenvalue weighted by Crippen LogP contribution is -2.64. The number of imide groups is 1. The second kappa shape index (κ2) is 6.84. The summed E-state index contributed by atoms with van der Waals surface area (Å²) in [7, 11) is 3.25. The van der Waals surface area contributed by atoms with Gasteiger partial charge in [0.05, 0.1) is 19.3 Å². The van der Waals surface area contributed by atoms with Crippen LogP contribution in [0, 0.1) is 0 Å². The van der Waals surface area contributed by atoms with Gasteiger partial charge in [-0.25, -0.2) is 9.79 Å². The number of carbonyl (C=O) groups excluding carboxylic acids is 2. The first-order chi connectivity index (χ1) is 13.0. The first-order valence-corrected chi connectivity index (χ1v) is 9.29. The summed E-state index contributed by atoms with van der Waals surface area (Å²) in [4.78, 5) is 37.3. The summed E-state index contributed by atoms with van der Waals surface area (Å²) in [6.45, 7) is 4.78. The first kappa shape index (κ1) is 17.8. The molecule has 3 aliphatic rings. The van der Waals surface area contributed by atoms with Gasteiger partial charge in [0.1, 0.15) is 0 Å². The van der Waals surface area contributed by atoms with Gasteiger partial charge in [0, 0.05) is 27.2 Å². The van der Waals surface area contributed by atoms with Crippen LogP contribution in [0.1, 0.15) is 18.5 Å². The topological polar surface area (TPSA) is 68.7 Å². The molecule has 0 bridgehead atoms. The zero-order valence-corrected chi connectivity index (χ0v) is 15.9. The van der Waals surface area contributed by atoms with E-state index in [9.17, 15) is 9.59 Å². The van der Waals surface area contributed by atoms with E-state index in [1.807, 2.05) is 18.2 Å². The van der Waals surface area contributed by atoms with Crippen LogP contribution in [-0.2, 0) is 9.53 Å². The van der Waals surface area contributed by atoms with Crippen molar-refractivity contribution in [3.05, 3.63) is 35.9 Å². The smallest absolute Gasteiger partial charge is 0.328 e. The molecule has 1 aromatic rings. The number of ether oxygens (including phenoxy) is 1. The van der Waals surface area contributed by atoms with Crippen molar-refractivity contribution in [1.82, 2.24) is 19.6 Å². The minimum atomic E-state index is -0.522. The van der Waals surface area contributed by atoms with Crippen molar-refractivity contribution in [3.63, 3.8) is 0 Å². The van der Waals surface area contributed by atoms with Crippen LogP contribution in [0.15, 0.2) is 35.3 Å². The number of likely N-dealkylation sites (N-methyl/N-ethyl adjacent to an activating group) is 2. The quantitative estimate of drug-likeness (QED) is 0.775. The predicted molar refractivity (Wildman–Crippen MR) is 100 cm³/mol. The molecule has 3 heterocycles. The summed E-state index contributed by atoms with van der Waals surface area (Å²) in [6, 6.07) is 9.19. The van der Waals surface area contributed by atoms with Gasteiger partial charge in [-0.05, 0) is 12.5 Å². The summed E-state index contributed by atoms with van der Waals surface area (Å²) >= 11 is 0. The maximum absolute atomic E-state index is 13.1. The van der Waals surface area contributed by atoms with Crippen LogP contribution < -0.4 is 0 Å². The fraction of sp³-hybridized carbons (Fsp3) is 0.526. The Balaban J connectivity index is 1.75. The van der Waals surface area contributed by atoms with Gasteiger partial charge >= 0.3 is 6.03 Å². The summed E-state index contributed by atoms with van der Waals surface area (Å²) in [6.07, 6.45) is -0.509. The normalized spacial score (nSPS) is 27.0. The number of benzene rings is 1. The van der Waals surface area contributed by atoms with E-state index in [0.29, 0.717) is 13.2 Å². The van der Waals surface area contributed by atoms with Gasteiger partial charge in [0.15, 0.2) is 18.2 Å². The fourth-order valence-electron chi connectivity index (χ4n) is 4.03. The predicted octanol–water partition coefficient (Wildman–Crippen LogP) is 0.970. The zero-order chi connectivity index (χ0) is 19.1. The van der Waals surface area contributed by atoms with E-state index in [0.717, 1.165) is 24.6 Å².